The zero-order valence-electron chi connectivity index (χ0n) is 15.3. The summed E-state index contributed by atoms with van der Waals surface area (Å²) in [5.41, 5.74) is 2.46. The molecule has 0 radical (unpaired) electrons. The Morgan fingerprint density at radius 1 is 1.35 bits per heavy atom. The predicted octanol–water partition coefficient (Wildman–Crippen LogP) is 1.21. The molecule has 0 atom stereocenters. The molecular formula is C17H24N6O3. The maximum atomic E-state index is 12.2. The number of nitrogens with zero attached hydrogens (tertiary/aromatic N) is 5. The van der Waals surface area contributed by atoms with Gasteiger partial charge in [0, 0.05) is 25.6 Å². The summed E-state index contributed by atoms with van der Waals surface area (Å²) in [5.74, 6) is 0.144. The van der Waals surface area contributed by atoms with Crippen LogP contribution in [-0.4, -0.2) is 50.3 Å². The first-order valence-electron chi connectivity index (χ1n) is 8.66. The molecule has 0 saturated carbocycles. The Morgan fingerprint density at radius 3 is 2.85 bits per heavy atom. The molecule has 9 nitrogen and oxygen atoms in total. The summed E-state index contributed by atoms with van der Waals surface area (Å²) in [5, 5.41) is 11.1. The van der Waals surface area contributed by atoms with Gasteiger partial charge in [0.05, 0.1) is 37.6 Å². The fourth-order valence-electron chi connectivity index (χ4n) is 2.90. The van der Waals surface area contributed by atoms with Crippen LogP contribution in [0.4, 0.5) is 4.79 Å². The normalized spacial score (nSPS) is 13.6. The lowest BCUT2D eigenvalue weighted by Gasteiger charge is -2.29. The van der Waals surface area contributed by atoms with Crippen molar-refractivity contribution in [1.82, 2.24) is 30.1 Å². The number of amides is 3. The molecule has 3 amide bonds. The molecule has 1 aliphatic rings. The standard InChI is InChI=1S/C17H24N6O3/c1-12(2)16(24)22-5-6-23-15(11-22)8-14(19-23)9-18-17(25)21(3)10-13-4-7-26-20-13/h4,7-8,12H,5-6,9-11H2,1-3H3,(H,18,25). The Kier molecular flexibility index (Phi) is 5.24. The van der Waals surface area contributed by atoms with Gasteiger partial charge in [0.1, 0.15) is 12.0 Å². The van der Waals surface area contributed by atoms with E-state index in [1.807, 2.05) is 29.5 Å². The van der Waals surface area contributed by atoms with Gasteiger partial charge in [0.2, 0.25) is 5.91 Å². The van der Waals surface area contributed by atoms with E-state index < -0.39 is 0 Å². The summed E-state index contributed by atoms with van der Waals surface area (Å²) < 4.78 is 6.67. The first-order chi connectivity index (χ1) is 12.4. The third kappa shape index (κ3) is 4.04. The predicted molar refractivity (Wildman–Crippen MR) is 92.7 cm³/mol. The van der Waals surface area contributed by atoms with Gasteiger partial charge >= 0.3 is 6.03 Å². The van der Waals surface area contributed by atoms with Gasteiger partial charge in [0.25, 0.3) is 0 Å². The van der Waals surface area contributed by atoms with Crippen LogP contribution in [0.2, 0.25) is 0 Å². The topological polar surface area (TPSA) is 96.5 Å². The molecule has 2 aromatic rings. The van der Waals surface area contributed by atoms with Crippen molar-refractivity contribution in [2.45, 2.75) is 40.0 Å². The van der Waals surface area contributed by atoms with E-state index in [9.17, 15) is 9.59 Å². The van der Waals surface area contributed by atoms with E-state index in [1.165, 1.54) is 11.2 Å². The fraction of sp³-hybridized carbons (Fsp3) is 0.529. The Balaban J connectivity index is 1.54. The van der Waals surface area contributed by atoms with Gasteiger partial charge in [-0.2, -0.15) is 5.10 Å². The molecule has 0 spiro atoms. The number of fused-ring (bicyclic) bond motifs is 1. The number of carbonyl (C=O) groups excluding carboxylic acids is 2. The SMILES string of the molecule is CC(C)C(=O)N1CCn2nc(CNC(=O)N(C)Cc3ccon3)cc2C1. The number of rotatable bonds is 5. The van der Waals surface area contributed by atoms with Crippen LogP contribution in [0.5, 0.6) is 0 Å². The van der Waals surface area contributed by atoms with Gasteiger partial charge in [-0.3, -0.25) is 9.48 Å². The molecule has 3 heterocycles. The second kappa shape index (κ2) is 7.59. The van der Waals surface area contributed by atoms with Crippen molar-refractivity contribution in [3.63, 3.8) is 0 Å². The van der Waals surface area contributed by atoms with Crippen molar-refractivity contribution >= 4 is 11.9 Å². The molecule has 26 heavy (non-hydrogen) atoms. The van der Waals surface area contributed by atoms with Gasteiger partial charge in [-0.15, -0.1) is 0 Å². The van der Waals surface area contributed by atoms with E-state index in [-0.39, 0.29) is 17.9 Å². The van der Waals surface area contributed by atoms with Crippen LogP contribution in [-0.2, 0) is 31.0 Å². The lowest BCUT2D eigenvalue weighted by molar-refractivity contribution is -0.136. The number of carbonyl (C=O) groups is 2. The van der Waals surface area contributed by atoms with Crippen LogP contribution in [0.1, 0.15) is 30.9 Å². The molecule has 0 bridgehead atoms. The third-order valence-electron chi connectivity index (χ3n) is 4.31. The van der Waals surface area contributed by atoms with Crippen molar-refractivity contribution in [1.29, 1.82) is 0 Å². The summed E-state index contributed by atoms with van der Waals surface area (Å²) in [4.78, 5) is 27.7. The summed E-state index contributed by atoms with van der Waals surface area (Å²) in [6.45, 7) is 6.42. The largest absolute Gasteiger partial charge is 0.364 e. The molecule has 0 aliphatic carbocycles. The van der Waals surface area contributed by atoms with Crippen LogP contribution >= 0.6 is 0 Å². The maximum Gasteiger partial charge on any atom is 0.317 e. The minimum atomic E-state index is -0.212. The van der Waals surface area contributed by atoms with Gasteiger partial charge < -0.3 is 19.6 Å². The van der Waals surface area contributed by atoms with Crippen molar-refractivity contribution < 1.29 is 14.1 Å². The fourth-order valence-corrected chi connectivity index (χ4v) is 2.90. The average Bonchev–Trinajstić information content (AvgIpc) is 3.27. The Morgan fingerprint density at radius 2 is 2.15 bits per heavy atom. The molecule has 0 fully saturated rings. The molecule has 2 aromatic heterocycles. The number of hydrogen-bond acceptors (Lipinski definition) is 5. The molecule has 0 unspecified atom stereocenters. The van der Waals surface area contributed by atoms with Gasteiger partial charge in [0.15, 0.2) is 0 Å². The minimum Gasteiger partial charge on any atom is -0.364 e. The number of hydrogen-bond donors (Lipinski definition) is 1. The second-order valence-electron chi connectivity index (χ2n) is 6.77. The highest BCUT2D eigenvalue weighted by Gasteiger charge is 2.24. The smallest absolute Gasteiger partial charge is 0.317 e. The molecule has 0 saturated heterocycles. The van der Waals surface area contributed by atoms with Crippen LogP contribution in [0.25, 0.3) is 0 Å². The average molecular weight is 360 g/mol. The lowest BCUT2D eigenvalue weighted by Crippen LogP contribution is -2.40. The number of urea groups is 1. The Bertz CT molecular complexity index is 768. The quantitative estimate of drug-likeness (QED) is 0.864. The molecule has 1 N–H and O–H groups in total. The van der Waals surface area contributed by atoms with Crippen LogP contribution in [0.3, 0.4) is 0 Å². The van der Waals surface area contributed by atoms with E-state index in [0.717, 1.165) is 11.4 Å². The van der Waals surface area contributed by atoms with Gasteiger partial charge in [-0.25, -0.2) is 4.79 Å². The van der Waals surface area contributed by atoms with E-state index in [0.29, 0.717) is 38.4 Å². The molecule has 140 valence electrons. The van der Waals surface area contributed by atoms with Crippen LogP contribution < -0.4 is 5.32 Å². The summed E-state index contributed by atoms with van der Waals surface area (Å²) >= 11 is 0. The molecule has 1 aliphatic heterocycles. The summed E-state index contributed by atoms with van der Waals surface area (Å²) in [6, 6.07) is 3.45. The third-order valence-corrected chi connectivity index (χ3v) is 4.31. The Hall–Kier alpha value is -2.84. The highest BCUT2D eigenvalue weighted by Crippen LogP contribution is 2.16. The first-order valence-corrected chi connectivity index (χ1v) is 8.66. The number of nitrogens with one attached hydrogen (secondary N) is 1. The highest BCUT2D eigenvalue weighted by atomic mass is 16.5. The van der Waals surface area contributed by atoms with E-state index in [1.54, 1.807) is 13.1 Å². The van der Waals surface area contributed by atoms with Crippen molar-refractivity contribution in [2.75, 3.05) is 13.6 Å². The molecule has 0 aromatic carbocycles. The zero-order chi connectivity index (χ0) is 18.7. The molecule has 3 rings (SSSR count). The molecular weight excluding hydrogens is 336 g/mol. The van der Waals surface area contributed by atoms with Gasteiger partial charge in [-0.1, -0.05) is 19.0 Å². The second-order valence-corrected chi connectivity index (χ2v) is 6.77. The van der Waals surface area contributed by atoms with Crippen LogP contribution in [0, 0.1) is 5.92 Å². The first kappa shape index (κ1) is 18.0. The maximum absolute atomic E-state index is 12.2. The van der Waals surface area contributed by atoms with Crippen molar-refractivity contribution in [3.05, 3.63) is 35.5 Å². The monoisotopic (exact) mass is 360 g/mol. The van der Waals surface area contributed by atoms with Crippen molar-refractivity contribution in [2.24, 2.45) is 5.92 Å². The minimum absolute atomic E-state index is 0.0107. The summed E-state index contributed by atoms with van der Waals surface area (Å²) in [7, 11) is 1.69. The van der Waals surface area contributed by atoms with E-state index in [4.69, 9.17) is 4.52 Å². The number of aromatic nitrogens is 3. The Labute approximate surface area is 151 Å². The van der Waals surface area contributed by atoms with Crippen LogP contribution in [0.15, 0.2) is 22.9 Å². The highest BCUT2D eigenvalue weighted by molar-refractivity contribution is 5.78. The zero-order valence-corrected chi connectivity index (χ0v) is 15.3. The van der Waals surface area contributed by atoms with E-state index in [2.05, 4.69) is 15.6 Å². The summed E-state index contributed by atoms with van der Waals surface area (Å²) in [6.07, 6.45) is 1.48. The molecule has 9 heteroatoms. The lowest BCUT2D eigenvalue weighted by atomic mass is 10.1. The van der Waals surface area contributed by atoms with E-state index >= 15 is 0 Å². The van der Waals surface area contributed by atoms with Gasteiger partial charge in [-0.05, 0) is 6.07 Å². The van der Waals surface area contributed by atoms with Crippen molar-refractivity contribution in [3.8, 4) is 0 Å².